The molecule has 0 rings (SSSR count). The van der Waals surface area contributed by atoms with Crippen LogP contribution in [0.25, 0.3) is 0 Å². The second-order valence-corrected chi connectivity index (χ2v) is 3.16. The van der Waals surface area contributed by atoms with Gasteiger partial charge in [0.15, 0.2) is 0 Å². The summed E-state index contributed by atoms with van der Waals surface area (Å²) < 4.78 is 4.35. The molecule has 0 aliphatic rings. The van der Waals surface area contributed by atoms with Crippen LogP contribution in [-0.4, -0.2) is 35.7 Å². The lowest BCUT2D eigenvalue weighted by molar-refractivity contribution is -0.254. The maximum atomic E-state index is 11.1. The van der Waals surface area contributed by atoms with Crippen molar-refractivity contribution in [2.45, 2.75) is 13.0 Å². The molecule has 3 N–H and O–H groups in total. The molecule has 8 nitrogen and oxygen atoms in total. The number of carbonyl (C=O) groups is 3. The van der Waals surface area contributed by atoms with Crippen LogP contribution in [-0.2, 0) is 28.9 Å². The van der Waals surface area contributed by atoms with Crippen LogP contribution in [0.2, 0.25) is 0 Å². The fourth-order valence-electron chi connectivity index (χ4n) is 0.507. The number of rotatable bonds is 5. The summed E-state index contributed by atoms with van der Waals surface area (Å²) in [7, 11) is 0. The molecule has 0 heterocycles. The van der Waals surface area contributed by atoms with Crippen LogP contribution >= 0.6 is 0 Å². The molecule has 0 saturated carbocycles. The standard InChI is InChI=1S/C10H13NO7/c1-5(2)8(13)17-18-9(14)6(3)16-10(15)7(11)4-12/h7,12H,1,3-4,11H2,2H3. The Balaban J connectivity index is 4.20. The summed E-state index contributed by atoms with van der Waals surface area (Å²) in [4.78, 5) is 41.0. The van der Waals surface area contributed by atoms with E-state index in [9.17, 15) is 14.4 Å². The highest BCUT2D eigenvalue weighted by Gasteiger charge is 2.21. The molecular weight excluding hydrogens is 246 g/mol. The van der Waals surface area contributed by atoms with E-state index in [1.165, 1.54) is 6.92 Å². The molecule has 8 heteroatoms. The molecule has 0 bridgehead atoms. The minimum absolute atomic E-state index is 0.00714. The Hall–Kier alpha value is -2.19. The smallest absolute Gasteiger partial charge is 0.418 e. The molecule has 1 unspecified atom stereocenters. The van der Waals surface area contributed by atoms with Crippen molar-refractivity contribution in [3.05, 3.63) is 24.5 Å². The molecule has 0 aliphatic carbocycles. The zero-order valence-corrected chi connectivity index (χ0v) is 9.67. The third kappa shape index (κ3) is 5.23. The van der Waals surface area contributed by atoms with E-state index in [-0.39, 0.29) is 5.57 Å². The van der Waals surface area contributed by atoms with Gasteiger partial charge in [0.2, 0.25) is 5.76 Å². The molecule has 0 saturated heterocycles. The van der Waals surface area contributed by atoms with E-state index >= 15 is 0 Å². The van der Waals surface area contributed by atoms with Gasteiger partial charge in [0.25, 0.3) is 0 Å². The number of aliphatic hydroxyl groups excluding tert-OH is 1. The van der Waals surface area contributed by atoms with Crippen molar-refractivity contribution in [2.24, 2.45) is 5.73 Å². The summed E-state index contributed by atoms with van der Waals surface area (Å²) in [6.07, 6.45) is 0. The molecule has 0 aromatic rings. The quantitative estimate of drug-likeness (QED) is 0.210. The van der Waals surface area contributed by atoms with Crippen LogP contribution < -0.4 is 5.73 Å². The number of nitrogens with two attached hydrogens (primary N) is 1. The molecule has 0 fully saturated rings. The lowest BCUT2D eigenvalue weighted by Crippen LogP contribution is -2.36. The van der Waals surface area contributed by atoms with Crippen molar-refractivity contribution in [3.63, 3.8) is 0 Å². The van der Waals surface area contributed by atoms with Crippen LogP contribution in [0.5, 0.6) is 0 Å². The number of ether oxygens (including phenoxy) is 1. The fourth-order valence-corrected chi connectivity index (χ4v) is 0.507. The van der Waals surface area contributed by atoms with Gasteiger partial charge in [-0.1, -0.05) is 6.58 Å². The first-order chi connectivity index (χ1) is 8.29. The number of aliphatic hydroxyl groups is 1. The van der Waals surface area contributed by atoms with Crippen LogP contribution in [0, 0.1) is 0 Å². The van der Waals surface area contributed by atoms with E-state index in [1.54, 1.807) is 0 Å². The van der Waals surface area contributed by atoms with Gasteiger partial charge < -0.3 is 15.6 Å². The molecule has 18 heavy (non-hydrogen) atoms. The van der Waals surface area contributed by atoms with Crippen molar-refractivity contribution < 1.29 is 34.0 Å². The zero-order valence-electron chi connectivity index (χ0n) is 9.67. The van der Waals surface area contributed by atoms with Crippen molar-refractivity contribution in [3.8, 4) is 0 Å². The number of hydrogen-bond donors (Lipinski definition) is 2. The zero-order chi connectivity index (χ0) is 14.3. The second kappa shape index (κ2) is 7.20. The molecule has 0 amide bonds. The van der Waals surface area contributed by atoms with Crippen molar-refractivity contribution in [2.75, 3.05) is 6.61 Å². The highest BCUT2D eigenvalue weighted by atomic mass is 17.2. The van der Waals surface area contributed by atoms with Crippen molar-refractivity contribution in [1.82, 2.24) is 0 Å². The average Bonchev–Trinajstić information content (AvgIpc) is 2.33. The topological polar surface area (TPSA) is 125 Å². The third-order valence-electron chi connectivity index (χ3n) is 1.49. The van der Waals surface area contributed by atoms with Gasteiger partial charge in [-0.2, -0.15) is 0 Å². The van der Waals surface area contributed by atoms with E-state index in [1.807, 2.05) is 0 Å². The minimum atomic E-state index is -1.31. The molecule has 1 atom stereocenters. The summed E-state index contributed by atoms with van der Waals surface area (Å²) in [5, 5.41) is 8.54. The Labute approximate surface area is 103 Å². The lowest BCUT2D eigenvalue weighted by atomic mass is 10.3. The van der Waals surface area contributed by atoms with Gasteiger partial charge in [-0.3, -0.25) is 0 Å². The molecule has 0 aliphatic heterocycles. The summed E-state index contributed by atoms with van der Waals surface area (Å²) in [5.41, 5.74) is 5.12. The SMILES string of the molecule is C=C(C)C(=O)OOC(=O)C(=C)OC(=O)C(N)CO. The lowest BCUT2D eigenvalue weighted by Gasteiger charge is -2.09. The number of hydrogen-bond acceptors (Lipinski definition) is 8. The van der Waals surface area contributed by atoms with Crippen LogP contribution in [0.3, 0.4) is 0 Å². The van der Waals surface area contributed by atoms with Gasteiger partial charge in [-0.25, -0.2) is 24.2 Å². The molecular formula is C10H13NO7. The number of carbonyl (C=O) groups excluding carboxylic acids is 3. The normalized spacial score (nSPS) is 11.1. The summed E-state index contributed by atoms with van der Waals surface area (Å²) in [5.74, 6) is -4.07. The maximum absolute atomic E-state index is 11.1. The van der Waals surface area contributed by atoms with Crippen molar-refractivity contribution in [1.29, 1.82) is 0 Å². The van der Waals surface area contributed by atoms with Gasteiger partial charge in [-0.05, 0) is 13.5 Å². The van der Waals surface area contributed by atoms with E-state index < -0.39 is 36.3 Å². The van der Waals surface area contributed by atoms with E-state index in [2.05, 4.69) is 27.7 Å². The summed E-state index contributed by atoms with van der Waals surface area (Å²) >= 11 is 0. The van der Waals surface area contributed by atoms with Gasteiger partial charge in [0.05, 0.1) is 6.61 Å². The van der Waals surface area contributed by atoms with Gasteiger partial charge in [0.1, 0.15) is 6.04 Å². The Kier molecular flexibility index (Phi) is 6.32. The number of esters is 1. The summed E-state index contributed by atoms with van der Waals surface area (Å²) in [6, 6.07) is -1.31. The van der Waals surface area contributed by atoms with E-state index in [4.69, 9.17) is 10.8 Å². The van der Waals surface area contributed by atoms with Crippen molar-refractivity contribution >= 4 is 17.9 Å². The fraction of sp³-hybridized carbons (Fsp3) is 0.300. The Morgan fingerprint density at radius 1 is 1.22 bits per heavy atom. The van der Waals surface area contributed by atoms with E-state index in [0.29, 0.717) is 0 Å². The Bertz CT molecular complexity index is 388. The largest absolute Gasteiger partial charge is 0.420 e. The van der Waals surface area contributed by atoms with Gasteiger partial charge in [-0.15, -0.1) is 0 Å². The van der Waals surface area contributed by atoms with E-state index in [0.717, 1.165) is 0 Å². The second-order valence-electron chi connectivity index (χ2n) is 3.16. The Morgan fingerprint density at radius 2 is 1.72 bits per heavy atom. The Morgan fingerprint density at radius 3 is 2.17 bits per heavy atom. The first-order valence-corrected chi connectivity index (χ1v) is 4.65. The highest BCUT2D eigenvalue weighted by Crippen LogP contribution is 2.02. The van der Waals surface area contributed by atoms with Gasteiger partial charge >= 0.3 is 17.9 Å². The monoisotopic (exact) mass is 259 g/mol. The molecule has 0 radical (unpaired) electrons. The molecule has 0 aromatic heterocycles. The highest BCUT2D eigenvalue weighted by molar-refractivity contribution is 5.91. The summed E-state index contributed by atoms with van der Waals surface area (Å²) in [6.45, 7) is 6.99. The first kappa shape index (κ1) is 15.8. The molecule has 0 spiro atoms. The average molecular weight is 259 g/mol. The predicted octanol–water partition coefficient (Wildman–Crippen LogP) is -1.06. The third-order valence-corrected chi connectivity index (χ3v) is 1.49. The van der Waals surface area contributed by atoms with Gasteiger partial charge in [0, 0.05) is 5.57 Å². The van der Waals surface area contributed by atoms with Crippen LogP contribution in [0.4, 0.5) is 0 Å². The molecule has 0 aromatic carbocycles. The maximum Gasteiger partial charge on any atom is 0.420 e. The predicted molar refractivity (Wildman–Crippen MR) is 57.3 cm³/mol. The van der Waals surface area contributed by atoms with Crippen LogP contribution in [0.15, 0.2) is 24.5 Å². The van der Waals surface area contributed by atoms with Crippen LogP contribution in [0.1, 0.15) is 6.92 Å². The first-order valence-electron chi connectivity index (χ1n) is 4.65. The molecule has 100 valence electrons. The minimum Gasteiger partial charge on any atom is -0.418 e.